The molecule has 1 amide bonds. The molecule has 0 aliphatic carbocycles. The van der Waals surface area contributed by atoms with Crippen molar-refractivity contribution >= 4 is 33.0 Å². The molecular weight excluding hydrogens is 370 g/mol. The van der Waals surface area contributed by atoms with E-state index in [0.717, 1.165) is 19.3 Å². The van der Waals surface area contributed by atoms with Gasteiger partial charge in [0.2, 0.25) is 10.0 Å². The molecular formula is C18H25N3O3S2. The molecule has 0 aliphatic heterocycles. The summed E-state index contributed by atoms with van der Waals surface area (Å²) in [6.07, 6.45) is 2.88. The molecule has 0 spiro atoms. The number of nitrogens with two attached hydrogens (primary N) is 1. The van der Waals surface area contributed by atoms with Gasteiger partial charge in [0.25, 0.3) is 5.91 Å². The highest BCUT2D eigenvalue weighted by molar-refractivity contribution is 7.89. The summed E-state index contributed by atoms with van der Waals surface area (Å²) in [5, 5.41) is 2.79. The zero-order valence-electron chi connectivity index (χ0n) is 15.0. The number of hydrogen-bond donors (Lipinski definition) is 3. The van der Waals surface area contributed by atoms with E-state index in [-0.39, 0.29) is 23.9 Å². The van der Waals surface area contributed by atoms with Gasteiger partial charge in [0.15, 0.2) is 0 Å². The maximum Gasteiger partial charge on any atom is 0.265 e. The molecule has 1 aromatic carbocycles. The first-order chi connectivity index (χ1) is 12.4. The normalized spacial score (nSPS) is 11.5. The Morgan fingerprint density at radius 1 is 1.23 bits per heavy atom. The van der Waals surface area contributed by atoms with Crippen LogP contribution in [0.25, 0.3) is 0 Å². The lowest BCUT2D eigenvalue weighted by atomic mass is 10.1. The van der Waals surface area contributed by atoms with Gasteiger partial charge < -0.3 is 11.1 Å². The number of thiophene rings is 1. The standard InChI is InChI=1S/C18H25N3O3S2/c1-3-6-16-13(4-2)11-17(25-16)18(22)21-14-7-5-8-15(12-14)26(23,24)20-10-9-19/h5,7-8,11-12,20H,3-4,6,9-10,19H2,1-2H3,(H,21,22). The second-order valence-electron chi connectivity index (χ2n) is 5.83. The zero-order chi connectivity index (χ0) is 19.2. The van der Waals surface area contributed by atoms with Crippen LogP contribution in [0, 0.1) is 0 Å². The summed E-state index contributed by atoms with van der Waals surface area (Å²) in [6.45, 7) is 4.57. The average Bonchev–Trinajstić information content (AvgIpc) is 3.04. The first-order valence-corrected chi connectivity index (χ1v) is 10.9. The van der Waals surface area contributed by atoms with Crippen LogP contribution in [0.3, 0.4) is 0 Å². The number of sulfonamides is 1. The quantitative estimate of drug-likeness (QED) is 0.607. The van der Waals surface area contributed by atoms with Gasteiger partial charge in [-0.2, -0.15) is 0 Å². The first-order valence-electron chi connectivity index (χ1n) is 8.64. The molecule has 4 N–H and O–H groups in total. The molecule has 0 fully saturated rings. The number of anilines is 1. The fourth-order valence-corrected chi connectivity index (χ4v) is 4.87. The molecule has 2 aromatic rings. The van der Waals surface area contributed by atoms with Crippen molar-refractivity contribution in [2.45, 2.75) is 38.0 Å². The molecule has 0 radical (unpaired) electrons. The molecule has 26 heavy (non-hydrogen) atoms. The molecule has 0 bridgehead atoms. The van der Waals surface area contributed by atoms with E-state index in [1.54, 1.807) is 12.1 Å². The minimum Gasteiger partial charge on any atom is -0.329 e. The van der Waals surface area contributed by atoms with Crippen LogP contribution in [0.15, 0.2) is 35.2 Å². The van der Waals surface area contributed by atoms with E-state index < -0.39 is 10.0 Å². The largest absolute Gasteiger partial charge is 0.329 e. The molecule has 1 aromatic heterocycles. The van der Waals surface area contributed by atoms with Crippen LogP contribution in [0.2, 0.25) is 0 Å². The molecule has 8 heteroatoms. The number of aryl methyl sites for hydroxylation is 2. The van der Waals surface area contributed by atoms with E-state index in [1.807, 2.05) is 6.07 Å². The zero-order valence-corrected chi connectivity index (χ0v) is 16.7. The van der Waals surface area contributed by atoms with E-state index in [9.17, 15) is 13.2 Å². The van der Waals surface area contributed by atoms with Crippen LogP contribution in [0.5, 0.6) is 0 Å². The summed E-state index contributed by atoms with van der Waals surface area (Å²) in [7, 11) is -3.64. The second-order valence-corrected chi connectivity index (χ2v) is 8.73. The molecule has 0 saturated heterocycles. The third kappa shape index (κ3) is 5.14. The van der Waals surface area contributed by atoms with Gasteiger partial charge >= 0.3 is 0 Å². The fourth-order valence-electron chi connectivity index (χ4n) is 2.53. The van der Waals surface area contributed by atoms with E-state index in [1.165, 1.54) is 33.9 Å². The lowest BCUT2D eigenvalue weighted by Crippen LogP contribution is -2.29. The third-order valence-corrected chi connectivity index (χ3v) is 6.51. The van der Waals surface area contributed by atoms with Crippen molar-refractivity contribution in [3.8, 4) is 0 Å². The van der Waals surface area contributed by atoms with Crippen molar-refractivity contribution in [1.82, 2.24) is 4.72 Å². The van der Waals surface area contributed by atoms with Gasteiger partial charge in [-0.05, 0) is 42.7 Å². The van der Waals surface area contributed by atoms with Crippen molar-refractivity contribution in [1.29, 1.82) is 0 Å². The minimum atomic E-state index is -3.64. The predicted molar refractivity (Wildman–Crippen MR) is 106 cm³/mol. The van der Waals surface area contributed by atoms with Gasteiger partial charge in [0, 0.05) is 23.7 Å². The van der Waals surface area contributed by atoms with Gasteiger partial charge in [0.1, 0.15) is 0 Å². The Balaban J connectivity index is 2.18. The molecule has 0 aliphatic rings. The Hall–Kier alpha value is -1.74. The average molecular weight is 396 g/mol. The van der Waals surface area contributed by atoms with Crippen molar-refractivity contribution in [3.63, 3.8) is 0 Å². The van der Waals surface area contributed by atoms with Crippen LogP contribution in [-0.2, 0) is 22.9 Å². The van der Waals surface area contributed by atoms with Crippen LogP contribution >= 0.6 is 11.3 Å². The van der Waals surface area contributed by atoms with Crippen LogP contribution in [0.1, 0.15) is 40.4 Å². The monoisotopic (exact) mass is 395 g/mol. The number of carbonyl (C=O) groups excluding carboxylic acids is 1. The van der Waals surface area contributed by atoms with Gasteiger partial charge in [-0.15, -0.1) is 11.3 Å². The summed E-state index contributed by atoms with van der Waals surface area (Å²) < 4.78 is 26.8. The Kier molecular flexibility index (Phi) is 7.33. The summed E-state index contributed by atoms with van der Waals surface area (Å²) in [5.41, 5.74) is 6.98. The number of amides is 1. The highest BCUT2D eigenvalue weighted by Crippen LogP contribution is 2.26. The lowest BCUT2D eigenvalue weighted by Gasteiger charge is -2.08. The highest BCUT2D eigenvalue weighted by Gasteiger charge is 2.16. The third-order valence-electron chi connectivity index (χ3n) is 3.82. The smallest absolute Gasteiger partial charge is 0.265 e. The Morgan fingerprint density at radius 2 is 2.00 bits per heavy atom. The van der Waals surface area contributed by atoms with Crippen molar-refractivity contribution in [2.24, 2.45) is 5.73 Å². The minimum absolute atomic E-state index is 0.0934. The Labute approximate surface area is 158 Å². The Bertz CT molecular complexity index is 860. The molecule has 6 nitrogen and oxygen atoms in total. The number of carbonyl (C=O) groups is 1. The van der Waals surface area contributed by atoms with Crippen molar-refractivity contribution in [3.05, 3.63) is 45.6 Å². The van der Waals surface area contributed by atoms with Crippen molar-refractivity contribution in [2.75, 3.05) is 18.4 Å². The molecule has 0 unspecified atom stereocenters. The highest BCUT2D eigenvalue weighted by atomic mass is 32.2. The van der Waals surface area contributed by atoms with E-state index in [2.05, 4.69) is 23.9 Å². The molecule has 142 valence electrons. The van der Waals surface area contributed by atoms with E-state index >= 15 is 0 Å². The number of benzene rings is 1. The molecule has 1 heterocycles. The van der Waals surface area contributed by atoms with Gasteiger partial charge in [-0.25, -0.2) is 13.1 Å². The van der Waals surface area contributed by atoms with Crippen LogP contribution in [-0.4, -0.2) is 27.4 Å². The summed E-state index contributed by atoms with van der Waals surface area (Å²) >= 11 is 1.50. The summed E-state index contributed by atoms with van der Waals surface area (Å²) in [6, 6.07) is 8.11. The van der Waals surface area contributed by atoms with Crippen LogP contribution in [0.4, 0.5) is 5.69 Å². The van der Waals surface area contributed by atoms with Crippen LogP contribution < -0.4 is 15.8 Å². The topological polar surface area (TPSA) is 101 Å². The van der Waals surface area contributed by atoms with E-state index in [0.29, 0.717) is 10.6 Å². The predicted octanol–water partition coefficient (Wildman–Crippen LogP) is 2.75. The summed E-state index contributed by atoms with van der Waals surface area (Å²) in [4.78, 5) is 14.5. The summed E-state index contributed by atoms with van der Waals surface area (Å²) in [5.74, 6) is -0.225. The van der Waals surface area contributed by atoms with E-state index in [4.69, 9.17) is 5.73 Å². The molecule has 0 atom stereocenters. The number of hydrogen-bond acceptors (Lipinski definition) is 5. The number of rotatable bonds is 9. The van der Waals surface area contributed by atoms with Gasteiger partial charge in [0.05, 0.1) is 9.77 Å². The molecule has 2 rings (SSSR count). The lowest BCUT2D eigenvalue weighted by molar-refractivity contribution is 0.103. The maximum atomic E-state index is 12.6. The second kappa shape index (κ2) is 9.27. The maximum absolute atomic E-state index is 12.6. The molecule has 0 saturated carbocycles. The number of nitrogens with one attached hydrogen (secondary N) is 2. The van der Waals surface area contributed by atoms with Gasteiger partial charge in [-0.3, -0.25) is 4.79 Å². The fraction of sp³-hybridized carbons (Fsp3) is 0.389. The van der Waals surface area contributed by atoms with Gasteiger partial charge in [-0.1, -0.05) is 26.3 Å². The van der Waals surface area contributed by atoms with Crippen molar-refractivity contribution < 1.29 is 13.2 Å². The Morgan fingerprint density at radius 3 is 2.65 bits per heavy atom. The first kappa shape index (κ1) is 20.6. The SMILES string of the molecule is CCCc1sc(C(=O)Nc2cccc(S(=O)(=O)NCCN)c2)cc1CC.